The van der Waals surface area contributed by atoms with E-state index in [1.54, 1.807) is 9.80 Å². The van der Waals surface area contributed by atoms with Gasteiger partial charge in [-0.3, -0.25) is 9.69 Å². The van der Waals surface area contributed by atoms with Crippen LogP contribution >= 0.6 is 0 Å². The first-order valence-electron chi connectivity index (χ1n) is 15.1. The molecule has 4 rings (SSSR count). The van der Waals surface area contributed by atoms with Crippen LogP contribution in [0.3, 0.4) is 0 Å². The van der Waals surface area contributed by atoms with Crippen molar-refractivity contribution in [2.45, 2.75) is 43.7 Å². The molecule has 51 heavy (non-hydrogen) atoms. The molecule has 0 aromatic heterocycles. The molecule has 0 aliphatic carbocycles. The van der Waals surface area contributed by atoms with Crippen molar-refractivity contribution in [3.8, 4) is 0 Å². The van der Waals surface area contributed by atoms with Gasteiger partial charge in [-0.05, 0) is 56.0 Å². The monoisotopic (exact) mass is 764 g/mol. The third kappa shape index (κ3) is 13.1. The molecule has 6 N–H and O–H groups in total. The largest absolute Gasteiger partial charge is 0.490 e. The fraction of sp³-hybridized carbons (Fsp3) is 0.607. The van der Waals surface area contributed by atoms with Crippen LogP contribution in [-0.2, 0) is 24.4 Å². The summed E-state index contributed by atoms with van der Waals surface area (Å²) in [5.41, 5.74) is 6.37. The number of carboxylic acids is 3. The van der Waals surface area contributed by atoms with E-state index in [1.807, 2.05) is 0 Å². The number of rotatable bonds is 6. The number of amides is 3. The summed E-state index contributed by atoms with van der Waals surface area (Å²) in [5.74, 6) is -6.50. The van der Waals surface area contributed by atoms with E-state index in [0.717, 1.165) is 12.8 Å². The number of likely N-dealkylation sites (tertiary alicyclic amines) is 2. The number of carboxylic acid groups (broad SMARTS) is 3. The van der Waals surface area contributed by atoms with Crippen molar-refractivity contribution >= 4 is 45.6 Å². The van der Waals surface area contributed by atoms with Gasteiger partial charge in [0.1, 0.15) is 6.04 Å². The number of nitrogens with one attached hydrogen (secondary N) is 1. The lowest BCUT2D eigenvalue weighted by Crippen LogP contribution is -2.53. The van der Waals surface area contributed by atoms with Crippen LogP contribution in [0, 0.1) is 5.92 Å². The molecule has 3 amide bonds. The van der Waals surface area contributed by atoms with Gasteiger partial charge in [0.25, 0.3) is 0 Å². The third-order valence-electron chi connectivity index (χ3n) is 8.19. The molecule has 0 saturated carbocycles. The Kier molecular flexibility index (Phi) is 15.0. The summed E-state index contributed by atoms with van der Waals surface area (Å²) in [6, 6.07) is 4.95. The highest BCUT2D eigenvalue weighted by atomic mass is 32.2. The molecule has 3 aliphatic rings. The average molecular weight is 765 g/mol. The number of nitrogens with two attached hydrogens (primary N) is 1. The van der Waals surface area contributed by atoms with Crippen LogP contribution in [0.2, 0.25) is 0 Å². The van der Waals surface area contributed by atoms with E-state index < -0.39 is 46.3 Å². The fourth-order valence-corrected chi connectivity index (χ4v) is 6.23. The molecule has 0 unspecified atom stereocenters. The summed E-state index contributed by atoms with van der Waals surface area (Å²) < 4.78 is 88.7. The Morgan fingerprint density at radius 3 is 1.71 bits per heavy atom. The lowest BCUT2D eigenvalue weighted by Gasteiger charge is -2.37. The first kappa shape index (κ1) is 42.9. The number of carbonyl (C=O) groups is 5. The van der Waals surface area contributed by atoms with E-state index in [9.17, 15) is 49.1 Å². The van der Waals surface area contributed by atoms with E-state index in [1.165, 1.54) is 34.8 Å². The molecule has 0 spiro atoms. The molecule has 2 atom stereocenters. The molecule has 0 bridgehead atoms. The van der Waals surface area contributed by atoms with Gasteiger partial charge in [0, 0.05) is 57.5 Å². The van der Waals surface area contributed by atoms with Crippen LogP contribution < -0.4 is 11.1 Å². The van der Waals surface area contributed by atoms with Crippen LogP contribution in [0.4, 0.5) is 36.8 Å². The van der Waals surface area contributed by atoms with Gasteiger partial charge in [0.15, 0.2) is 0 Å². The number of aromatic carboxylic acids is 1. The van der Waals surface area contributed by atoms with Crippen molar-refractivity contribution < 1.29 is 74.1 Å². The highest BCUT2D eigenvalue weighted by Crippen LogP contribution is 2.28. The maximum atomic E-state index is 13.6. The molecule has 16 nitrogen and oxygen atoms in total. The Morgan fingerprint density at radius 2 is 1.31 bits per heavy atom. The molecular weight excluding hydrogens is 726 g/mol. The topological polar surface area (TPSA) is 231 Å². The zero-order valence-electron chi connectivity index (χ0n) is 27.1. The Morgan fingerprint density at radius 1 is 0.843 bits per heavy atom. The van der Waals surface area contributed by atoms with Gasteiger partial charge in [0.2, 0.25) is 15.9 Å². The summed E-state index contributed by atoms with van der Waals surface area (Å²) >= 11 is 0. The van der Waals surface area contributed by atoms with Gasteiger partial charge in [-0.1, -0.05) is 0 Å². The lowest BCUT2D eigenvalue weighted by atomic mass is 9.97. The SMILES string of the molecule is CS(=O)(=O)N1CCN([C@H]2C[C@@H](C(=O)Nc3ccc(C(=O)O)cc3)N(C(=O)N3CCC(CN)CC3)C2)CC1.O=C(O)C(F)(F)F.O=C(O)C(F)(F)F. The Balaban J connectivity index is 0.000000543. The number of benzene rings is 1. The molecule has 3 aliphatic heterocycles. The average Bonchev–Trinajstić information content (AvgIpc) is 3.50. The summed E-state index contributed by atoms with van der Waals surface area (Å²) in [4.78, 5) is 61.5. The molecule has 23 heteroatoms. The predicted molar refractivity (Wildman–Crippen MR) is 165 cm³/mol. The van der Waals surface area contributed by atoms with Gasteiger partial charge < -0.3 is 36.2 Å². The maximum absolute atomic E-state index is 13.6. The minimum Gasteiger partial charge on any atom is -0.478 e. The third-order valence-corrected chi connectivity index (χ3v) is 9.49. The maximum Gasteiger partial charge on any atom is 0.490 e. The minimum absolute atomic E-state index is 0.0719. The van der Waals surface area contributed by atoms with Crippen molar-refractivity contribution in [1.29, 1.82) is 0 Å². The molecule has 3 saturated heterocycles. The fourth-order valence-electron chi connectivity index (χ4n) is 5.40. The number of nitrogens with zero attached hydrogens (tertiary/aromatic N) is 4. The lowest BCUT2D eigenvalue weighted by molar-refractivity contribution is -0.193. The van der Waals surface area contributed by atoms with Crippen molar-refractivity contribution in [3.05, 3.63) is 29.8 Å². The first-order valence-corrected chi connectivity index (χ1v) is 17.0. The van der Waals surface area contributed by atoms with Gasteiger partial charge in [-0.2, -0.15) is 30.6 Å². The smallest absolute Gasteiger partial charge is 0.478 e. The number of halogens is 6. The first-order chi connectivity index (χ1) is 23.4. The number of anilines is 1. The predicted octanol–water partition coefficient (Wildman–Crippen LogP) is 1.40. The summed E-state index contributed by atoms with van der Waals surface area (Å²) in [6.45, 7) is 3.99. The van der Waals surface area contributed by atoms with Crippen molar-refractivity contribution in [1.82, 2.24) is 19.0 Å². The Hall–Kier alpha value is -4.22. The molecule has 1 aromatic carbocycles. The summed E-state index contributed by atoms with van der Waals surface area (Å²) in [6.07, 6.45) is -6.86. The van der Waals surface area contributed by atoms with Gasteiger partial charge in [-0.15, -0.1) is 0 Å². The van der Waals surface area contributed by atoms with E-state index in [2.05, 4.69) is 10.2 Å². The van der Waals surface area contributed by atoms with E-state index >= 15 is 0 Å². The van der Waals surface area contributed by atoms with E-state index in [0.29, 0.717) is 70.4 Å². The van der Waals surface area contributed by atoms with Gasteiger partial charge >= 0.3 is 36.3 Å². The number of hydrogen-bond donors (Lipinski definition) is 5. The molecule has 1 aromatic rings. The van der Waals surface area contributed by atoms with Crippen molar-refractivity contribution in [2.24, 2.45) is 11.7 Å². The minimum atomic E-state index is -5.08. The zero-order valence-corrected chi connectivity index (χ0v) is 27.9. The number of hydrogen-bond acceptors (Lipinski definition) is 9. The molecule has 0 radical (unpaired) electrons. The number of alkyl halides is 6. The zero-order chi connectivity index (χ0) is 38.9. The van der Waals surface area contributed by atoms with Crippen LogP contribution in [0.15, 0.2) is 24.3 Å². The second-order valence-electron chi connectivity index (χ2n) is 11.7. The van der Waals surface area contributed by atoms with Gasteiger partial charge in [0.05, 0.1) is 11.8 Å². The number of aliphatic carboxylic acids is 2. The number of piperidine rings is 1. The Labute approximate surface area is 287 Å². The molecule has 288 valence electrons. The molecule has 3 heterocycles. The molecule has 3 fully saturated rings. The summed E-state index contributed by atoms with van der Waals surface area (Å²) in [7, 11) is -3.26. The number of carbonyl (C=O) groups excluding carboxylic acids is 2. The molecular formula is C28H38F6N6O10S. The van der Waals surface area contributed by atoms with Crippen molar-refractivity contribution in [2.75, 3.05) is 63.9 Å². The van der Waals surface area contributed by atoms with Crippen molar-refractivity contribution in [3.63, 3.8) is 0 Å². The standard InChI is InChI=1S/C24H36N6O6S.2C2HF3O2/c1-37(35,36)29-12-10-27(11-13-29)20-14-21(22(31)26-19-4-2-18(3-5-19)23(32)33)30(16-20)24(34)28-8-6-17(15-25)7-9-28;2*3-2(4,5)1(6)7/h2-5,17,20-21H,6-16,25H2,1H3,(H,26,31)(H,32,33);2*(H,6,7)/t20-,21-;;/m0../s1. The Bertz CT molecular complexity index is 1470. The van der Waals surface area contributed by atoms with Crippen LogP contribution in [0.1, 0.15) is 29.6 Å². The number of urea groups is 1. The van der Waals surface area contributed by atoms with Crippen LogP contribution in [0.25, 0.3) is 0 Å². The number of piperazine rings is 1. The van der Waals surface area contributed by atoms with Crippen LogP contribution in [-0.4, -0.2) is 156 Å². The highest BCUT2D eigenvalue weighted by Gasteiger charge is 2.44. The highest BCUT2D eigenvalue weighted by molar-refractivity contribution is 7.88. The van der Waals surface area contributed by atoms with Crippen LogP contribution in [0.5, 0.6) is 0 Å². The van der Waals surface area contributed by atoms with Gasteiger partial charge in [-0.25, -0.2) is 27.6 Å². The summed E-state index contributed by atoms with van der Waals surface area (Å²) in [5, 5.41) is 26.2. The normalized spacial score (nSPS) is 20.7. The van der Waals surface area contributed by atoms with E-state index in [-0.39, 0.29) is 23.5 Å². The quantitative estimate of drug-likeness (QED) is 0.259. The second-order valence-corrected chi connectivity index (χ2v) is 13.7. The van der Waals surface area contributed by atoms with E-state index in [4.69, 9.17) is 30.6 Å². The number of sulfonamides is 1. The second kappa shape index (κ2) is 17.8.